The molecule has 0 radical (unpaired) electrons. The Balaban J connectivity index is 4.01. The fraction of sp³-hybridized carbons (Fsp3) is 0.917. The van der Waals surface area contributed by atoms with Gasteiger partial charge in [0, 0.05) is 25.9 Å². The van der Waals surface area contributed by atoms with E-state index < -0.39 is 8.80 Å². The van der Waals surface area contributed by atoms with Crippen molar-refractivity contribution in [2.24, 2.45) is 0 Å². The van der Waals surface area contributed by atoms with Gasteiger partial charge in [0.2, 0.25) is 6.54 Å². The topological polar surface area (TPSA) is 32.0 Å². The summed E-state index contributed by atoms with van der Waals surface area (Å²) in [4.78, 5) is 3.33. The molecular formula is C12H25NO3SSi. The number of rotatable bonds is 12. The zero-order valence-electron chi connectivity index (χ0n) is 11.7. The number of hydrogen-bond acceptors (Lipinski definition) is 4. The molecular weight excluding hydrogens is 266 g/mol. The Morgan fingerprint density at radius 3 is 2.00 bits per heavy atom. The molecule has 4 nitrogen and oxygen atoms in total. The minimum Gasteiger partial charge on any atom is -0.374 e. The highest BCUT2D eigenvalue weighted by molar-refractivity contribution is 7.99. The average Bonchev–Trinajstić information content (AvgIpc) is 2.35. The predicted molar refractivity (Wildman–Crippen MR) is 78.9 cm³/mol. The molecule has 0 N–H and O–H groups in total. The molecule has 0 atom stereocenters. The molecule has 0 saturated carbocycles. The van der Waals surface area contributed by atoms with Crippen LogP contribution in [0.2, 0.25) is 6.04 Å². The quantitative estimate of drug-likeness (QED) is 0.314. The highest BCUT2D eigenvalue weighted by Gasteiger charge is 2.39. The van der Waals surface area contributed by atoms with Crippen LogP contribution >= 0.6 is 11.8 Å². The maximum absolute atomic E-state index is 6.71. The van der Waals surface area contributed by atoms with E-state index in [-0.39, 0.29) is 0 Å². The summed E-state index contributed by atoms with van der Waals surface area (Å²) < 4.78 is 17.3. The van der Waals surface area contributed by atoms with Gasteiger partial charge in [-0.3, -0.25) is 0 Å². The highest BCUT2D eigenvalue weighted by Crippen LogP contribution is 2.19. The third kappa shape index (κ3) is 8.11. The predicted octanol–water partition coefficient (Wildman–Crippen LogP) is 3.08. The fourth-order valence-corrected chi connectivity index (χ4v) is 5.25. The second-order valence-corrected chi connectivity index (χ2v) is 7.54. The van der Waals surface area contributed by atoms with Crippen LogP contribution in [0.1, 0.15) is 27.2 Å². The Kier molecular flexibility index (Phi) is 12.0. The Bertz CT molecular complexity index is 219. The smallest absolute Gasteiger partial charge is 0.374 e. The summed E-state index contributed by atoms with van der Waals surface area (Å²) >= 11 is 1.81. The van der Waals surface area contributed by atoms with Gasteiger partial charge in [0.25, 0.3) is 0 Å². The van der Waals surface area contributed by atoms with E-state index in [9.17, 15) is 0 Å². The molecule has 0 saturated heterocycles. The highest BCUT2D eigenvalue weighted by atomic mass is 32.2. The zero-order valence-corrected chi connectivity index (χ0v) is 13.6. The van der Waals surface area contributed by atoms with Crippen LogP contribution in [-0.2, 0) is 13.3 Å². The largest absolute Gasteiger partial charge is 0.500 e. The molecule has 0 aliphatic rings. The molecule has 0 rings (SSSR count). The van der Waals surface area contributed by atoms with Crippen molar-refractivity contribution in [2.75, 3.05) is 37.9 Å². The summed E-state index contributed by atoms with van der Waals surface area (Å²) in [6, 6.07) is 0.869. The van der Waals surface area contributed by atoms with Crippen LogP contribution in [0.4, 0.5) is 0 Å². The van der Waals surface area contributed by atoms with Gasteiger partial charge in [0.1, 0.15) is 0 Å². The summed E-state index contributed by atoms with van der Waals surface area (Å²) in [7, 11) is -2.44. The van der Waals surface area contributed by atoms with Gasteiger partial charge in [-0.2, -0.15) is 11.8 Å². The van der Waals surface area contributed by atoms with Crippen LogP contribution in [0.25, 0.3) is 4.85 Å². The van der Waals surface area contributed by atoms with Crippen LogP contribution in [0.5, 0.6) is 0 Å². The molecule has 0 bridgehead atoms. The first-order valence-electron chi connectivity index (χ1n) is 6.57. The van der Waals surface area contributed by atoms with Gasteiger partial charge in [-0.15, -0.1) is 0 Å². The minimum atomic E-state index is -2.44. The van der Waals surface area contributed by atoms with E-state index >= 15 is 0 Å². The van der Waals surface area contributed by atoms with E-state index in [4.69, 9.17) is 19.9 Å². The number of hydrogen-bond donors (Lipinski definition) is 0. The molecule has 0 aromatic heterocycles. The molecule has 0 spiro atoms. The summed E-state index contributed by atoms with van der Waals surface area (Å²) in [5, 5.41) is 0. The van der Waals surface area contributed by atoms with Crippen LogP contribution < -0.4 is 0 Å². The molecule has 18 heavy (non-hydrogen) atoms. The van der Waals surface area contributed by atoms with Gasteiger partial charge in [-0.05, 0) is 32.9 Å². The Labute approximate surface area is 117 Å². The van der Waals surface area contributed by atoms with Gasteiger partial charge in [-0.25, -0.2) is 6.57 Å². The molecule has 0 aromatic rings. The number of thioether (sulfide) groups is 1. The molecule has 0 amide bonds. The van der Waals surface area contributed by atoms with Crippen molar-refractivity contribution < 1.29 is 13.3 Å². The molecule has 0 unspecified atom stereocenters. The molecule has 0 aliphatic heterocycles. The van der Waals surface area contributed by atoms with E-state index in [1.165, 1.54) is 0 Å². The van der Waals surface area contributed by atoms with E-state index in [1.807, 2.05) is 32.5 Å². The maximum Gasteiger partial charge on any atom is 0.500 e. The lowest BCUT2D eigenvalue weighted by atomic mass is 10.6. The van der Waals surface area contributed by atoms with Gasteiger partial charge < -0.3 is 18.1 Å². The van der Waals surface area contributed by atoms with Gasteiger partial charge in [0.15, 0.2) is 0 Å². The monoisotopic (exact) mass is 291 g/mol. The van der Waals surface area contributed by atoms with Crippen molar-refractivity contribution in [1.82, 2.24) is 0 Å². The minimum absolute atomic E-state index is 0.607. The van der Waals surface area contributed by atoms with Crippen LogP contribution in [0.15, 0.2) is 0 Å². The molecule has 0 heterocycles. The van der Waals surface area contributed by atoms with Crippen LogP contribution in [0, 0.1) is 6.57 Å². The second kappa shape index (κ2) is 12.0. The normalized spacial score (nSPS) is 11.4. The third-order valence-corrected chi connectivity index (χ3v) is 6.41. The molecule has 0 aliphatic carbocycles. The zero-order chi connectivity index (χ0) is 13.7. The molecule has 106 valence electrons. The molecule has 0 aromatic carbocycles. The van der Waals surface area contributed by atoms with Crippen molar-refractivity contribution in [1.29, 1.82) is 0 Å². The van der Waals surface area contributed by atoms with Gasteiger partial charge in [-0.1, -0.05) is 0 Å². The summed E-state index contributed by atoms with van der Waals surface area (Å²) in [6.07, 6.45) is 1.02. The van der Waals surface area contributed by atoms with Crippen molar-refractivity contribution >= 4 is 20.6 Å². The summed E-state index contributed by atoms with van der Waals surface area (Å²) in [5.41, 5.74) is 0. The Morgan fingerprint density at radius 2 is 1.56 bits per heavy atom. The molecule has 0 fully saturated rings. The van der Waals surface area contributed by atoms with E-state index in [0.717, 1.165) is 24.0 Å². The molecule has 6 heteroatoms. The van der Waals surface area contributed by atoms with Crippen molar-refractivity contribution in [2.45, 2.75) is 33.2 Å². The van der Waals surface area contributed by atoms with E-state index in [1.54, 1.807) is 0 Å². The Hall–Kier alpha value is -0.0631. The SMILES string of the molecule is [C-]#[N+]CCSCCC[Si](OCC)(OCC)OCC. The van der Waals surface area contributed by atoms with E-state index in [2.05, 4.69) is 4.85 Å². The second-order valence-electron chi connectivity index (χ2n) is 3.58. The number of nitrogens with zero attached hydrogens (tertiary/aromatic N) is 1. The first-order chi connectivity index (χ1) is 8.74. The average molecular weight is 291 g/mol. The van der Waals surface area contributed by atoms with Gasteiger partial charge >= 0.3 is 8.80 Å². The van der Waals surface area contributed by atoms with Crippen molar-refractivity contribution in [3.63, 3.8) is 0 Å². The lowest BCUT2D eigenvalue weighted by molar-refractivity contribution is 0.0712. The van der Waals surface area contributed by atoms with E-state index in [0.29, 0.717) is 26.4 Å². The van der Waals surface area contributed by atoms with Crippen LogP contribution in [-0.4, -0.2) is 46.7 Å². The van der Waals surface area contributed by atoms with Gasteiger partial charge in [0.05, 0.1) is 5.75 Å². The standard InChI is InChI=1S/C12H25NO3SSi/c1-5-14-18(15-6-2,16-7-3)12-8-10-17-11-9-13-4/h5-12H2,1-3H3. The first kappa shape index (κ1) is 17.9. The summed E-state index contributed by atoms with van der Waals surface area (Å²) in [5.74, 6) is 1.95. The maximum atomic E-state index is 6.71. The summed E-state index contributed by atoms with van der Waals surface area (Å²) in [6.45, 7) is 15.1. The first-order valence-corrected chi connectivity index (χ1v) is 9.66. The van der Waals surface area contributed by atoms with Crippen LogP contribution in [0.3, 0.4) is 0 Å². The lowest BCUT2D eigenvalue weighted by Crippen LogP contribution is -2.46. The fourth-order valence-electron chi connectivity index (χ4n) is 1.60. The van der Waals surface area contributed by atoms with Crippen molar-refractivity contribution in [3.8, 4) is 0 Å². The Morgan fingerprint density at radius 1 is 1.00 bits per heavy atom. The van der Waals surface area contributed by atoms with Crippen molar-refractivity contribution in [3.05, 3.63) is 11.4 Å². The third-order valence-electron chi connectivity index (χ3n) is 2.21. The lowest BCUT2D eigenvalue weighted by Gasteiger charge is -2.28.